The number of aryl methyl sites for hydroxylation is 1. The van der Waals surface area contributed by atoms with Crippen LogP contribution in [0.2, 0.25) is 5.02 Å². The van der Waals surface area contributed by atoms with Crippen LogP contribution in [0.25, 0.3) is 10.1 Å². The fourth-order valence-electron chi connectivity index (χ4n) is 3.22. The maximum absolute atomic E-state index is 13.4. The van der Waals surface area contributed by atoms with Gasteiger partial charge in [-0.1, -0.05) is 31.5 Å². The Bertz CT molecular complexity index is 1320. The van der Waals surface area contributed by atoms with Crippen molar-refractivity contribution in [2.24, 2.45) is 0 Å². The highest BCUT2D eigenvalue weighted by molar-refractivity contribution is 7.89. The SMILES string of the molecule is CCN(CC)S(=O)(=O)c1cc(NC(=O)COC(=O)c2sc3cc(F)ccc3c2Cl)ccc1C. The van der Waals surface area contributed by atoms with Gasteiger partial charge >= 0.3 is 5.97 Å². The second-order valence-corrected chi connectivity index (χ2v) is 10.4. The minimum atomic E-state index is -3.72. The molecule has 3 rings (SSSR count). The number of anilines is 1. The van der Waals surface area contributed by atoms with Crippen LogP contribution < -0.4 is 5.32 Å². The molecule has 0 saturated carbocycles. The molecule has 2 aromatic carbocycles. The van der Waals surface area contributed by atoms with Gasteiger partial charge in [-0.15, -0.1) is 11.3 Å². The predicted molar refractivity (Wildman–Crippen MR) is 127 cm³/mol. The molecule has 7 nitrogen and oxygen atoms in total. The Kier molecular flexibility index (Phi) is 7.73. The molecule has 0 unspecified atom stereocenters. The summed E-state index contributed by atoms with van der Waals surface area (Å²) in [6.45, 7) is 5.19. The summed E-state index contributed by atoms with van der Waals surface area (Å²) in [6, 6.07) is 8.49. The quantitative estimate of drug-likeness (QED) is 0.436. The lowest BCUT2D eigenvalue weighted by atomic mass is 10.2. The number of ether oxygens (including phenoxy) is 1. The molecule has 0 fully saturated rings. The van der Waals surface area contributed by atoms with Gasteiger partial charge in [-0.05, 0) is 42.8 Å². The van der Waals surface area contributed by atoms with Crippen LogP contribution in [0.3, 0.4) is 0 Å². The number of hydrogen-bond donors (Lipinski definition) is 1. The molecule has 1 heterocycles. The van der Waals surface area contributed by atoms with Crippen LogP contribution >= 0.6 is 22.9 Å². The minimum Gasteiger partial charge on any atom is -0.451 e. The Morgan fingerprint density at radius 2 is 1.85 bits per heavy atom. The van der Waals surface area contributed by atoms with E-state index in [2.05, 4.69) is 5.32 Å². The number of halogens is 2. The Morgan fingerprint density at radius 1 is 1.15 bits per heavy atom. The van der Waals surface area contributed by atoms with E-state index in [4.69, 9.17) is 16.3 Å². The lowest BCUT2D eigenvalue weighted by Crippen LogP contribution is -2.31. The molecule has 0 atom stereocenters. The molecule has 0 aliphatic carbocycles. The summed E-state index contributed by atoms with van der Waals surface area (Å²) in [7, 11) is -3.72. The van der Waals surface area contributed by atoms with Crippen LogP contribution in [0.5, 0.6) is 0 Å². The van der Waals surface area contributed by atoms with E-state index in [0.717, 1.165) is 11.3 Å². The van der Waals surface area contributed by atoms with Crippen LogP contribution in [0.4, 0.5) is 10.1 Å². The largest absolute Gasteiger partial charge is 0.451 e. The van der Waals surface area contributed by atoms with Gasteiger partial charge in [-0.2, -0.15) is 4.31 Å². The maximum atomic E-state index is 13.4. The lowest BCUT2D eigenvalue weighted by Gasteiger charge is -2.20. The molecule has 0 bridgehead atoms. The third kappa shape index (κ3) is 5.35. The van der Waals surface area contributed by atoms with Crippen molar-refractivity contribution in [2.75, 3.05) is 25.0 Å². The second kappa shape index (κ2) is 10.2. The van der Waals surface area contributed by atoms with Crippen molar-refractivity contribution in [2.45, 2.75) is 25.7 Å². The van der Waals surface area contributed by atoms with Crippen molar-refractivity contribution in [3.8, 4) is 0 Å². The normalized spacial score (nSPS) is 11.7. The van der Waals surface area contributed by atoms with Gasteiger partial charge in [0.1, 0.15) is 10.7 Å². The highest BCUT2D eigenvalue weighted by Crippen LogP contribution is 2.36. The molecule has 0 spiro atoms. The van der Waals surface area contributed by atoms with E-state index in [0.29, 0.717) is 28.7 Å². The summed E-state index contributed by atoms with van der Waals surface area (Å²) in [6.07, 6.45) is 0. The summed E-state index contributed by atoms with van der Waals surface area (Å²) in [4.78, 5) is 24.9. The standard InChI is InChI=1S/C22H22ClFN2O5S2/c1-4-26(5-2)33(29,30)18-11-15(8-6-13(18)3)25-19(27)12-31-22(28)21-20(23)16-9-7-14(24)10-17(16)32-21/h6-11H,4-5,12H2,1-3H3,(H,25,27). The van der Waals surface area contributed by atoms with E-state index in [9.17, 15) is 22.4 Å². The molecular weight excluding hydrogens is 491 g/mol. The number of esters is 1. The van der Waals surface area contributed by atoms with E-state index in [1.54, 1.807) is 32.9 Å². The Labute approximate surface area is 200 Å². The van der Waals surface area contributed by atoms with Crippen molar-refractivity contribution in [3.63, 3.8) is 0 Å². The number of nitrogens with zero attached hydrogens (tertiary/aromatic N) is 1. The van der Waals surface area contributed by atoms with Crippen molar-refractivity contribution in [1.82, 2.24) is 4.31 Å². The topological polar surface area (TPSA) is 92.8 Å². The van der Waals surface area contributed by atoms with Crippen LogP contribution in [0.15, 0.2) is 41.3 Å². The van der Waals surface area contributed by atoms with Crippen molar-refractivity contribution >= 4 is 60.6 Å². The van der Waals surface area contributed by atoms with Gasteiger partial charge in [-0.3, -0.25) is 4.79 Å². The number of sulfonamides is 1. The van der Waals surface area contributed by atoms with Crippen LogP contribution in [-0.4, -0.2) is 44.3 Å². The van der Waals surface area contributed by atoms with Crippen LogP contribution in [-0.2, 0) is 19.6 Å². The smallest absolute Gasteiger partial charge is 0.350 e. The van der Waals surface area contributed by atoms with Gasteiger partial charge in [0.2, 0.25) is 10.0 Å². The molecule has 0 saturated heterocycles. The predicted octanol–water partition coefficient (Wildman–Crippen LogP) is 4.83. The Hall–Kier alpha value is -2.53. The average molecular weight is 513 g/mol. The zero-order chi connectivity index (χ0) is 24.3. The zero-order valence-electron chi connectivity index (χ0n) is 18.1. The first-order valence-electron chi connectivity index (χ1n) is 10.0. The number of thiophene rings is 1. The van der Waals surface area contributed by atoms with E-state index >= 15 is 0 Å². The monoisotopic (exact) mass is 512 g/mol. The molecule has 3 aromatic rings. The molecule has 1 N–H and O–H groups in total. The minimum absolute atomic E-state index is 0.0630. The maximum Gasteiger partial charge on any atom is 0.350 e. The van der Waals surface area contributed by atoms with Crippen molar-refractivity contribution < 1.29 is 27.1 Å². The first-order chi connectivity index (χ1) is 15.6. The summed E-state index contributed by atoms with van der Waals surface area (Å²) in [5, 5.41) is 3.18. The van der Waals surface area contributed by atoms with Crippen LogP contribution in [0.1, 0.15) is 29.1 Å². The molecule has 0 aliphatic heterocycles. The number of amides is 1. The highest BCUT2D eigenvalue weighted by Gasteiger charge is 2.24. The Morgan fingerprint density at radius 3 is 2.52 bits per heavy atom. The molecule has 0 radical (unpaired) electrons. The van der Waals surface area contributed by atoms with Crippen molar-refractivity contribution in [1.29, 1.82) is 0 Å². The lowest BCUT2D eigenvalue weighted by molar-refractivity contribution is -0.119. The third-order valence-corrected chi connectivity index (χ3v) is 8.74. The molecule has 176 valence electrons. The first-order valence-corrected chi connectivity index (χ1v) is 12.7. The summed E-state index contributed by atoms with van der Waals surface area (Å²) < 4.78 is 46.0. The number of carbonyl (C=O) groups is 2. The second-order valence-electron chi connectivity index (χ2n) is 7.08. The average Bonchev–Trinajstić information content (AvgIpc) is 3.09. The molecule has 1 aromatic heterocycles. The number of rotatable bonds is 8. The summed E-state index contributed by atoms with van der Waals surface area (Å²) >= 11 is 7.16. The van der Waals surface area contributed by atoms with Gasteiger partial charge in [0.25, 0.3) is 5.91 Å². The van der Waals surface area contributed by atoms with Crippen LogP contribution in [0, 0.1) is 12.7 Å². The van der Waals surface area contributed by atoms with Gasteiger partial charge in [-0.25, -0.2) is 17.6 Å². The fourth-order valence-corrected chi connectivity index (χ4v) is 6.36. The molecule has 33 heavy (non-hydrogen) atoms. The van der Waals surface area contributed by atoms with Gasteiger partial charge in [0, 0.05) is 28.9 Å². The van der Waals surface area contributed by atoms with E-state index < -0.39 is 34.3 Å². The van der Waals surface area contributed by atoms with Gasteiger partial charge < -0.3 is 10.1 Å². The molecule has 1 amide bonds. The van der Waals surface area contributed by atoms with Gasteiger partial charge in [0.15, 0.2) is 6.61 Å². The van der Waals surface area contributed by atoms with Crippen molar-refractivity contribution in [3.05, 3.63) is 57.7 Å². The van der Waals surface area contributed by atoms with E-state index in [-0.39, 0.29) is 20.5 Å². The number of carbonyl (C=O) groups excluding carboxylic acids is 2. The number of fused-ring (bicyclic) bond motifs is 1. The fraction of sp³-hybridized carbons (Fsp3) is 0.273. The highest BCUT2D eigenvalue weighted by atomic mass is 35.5. The number of benzene rings is 2. The number of hydrogen-bond acceptors (Lipinski definition) is 6. The summed E-state index contributed by atoms with van der Waals surface area (Å²) in [5.41, 5.74) is 0.796. The third-order valence-electron chi connectivity index (χ3n) is 4.91. The van der Waals surface area contributed by atoms with E-state index in [1.807, 2.05) is 0 Å². The first kappa shape index (κ1) is 25.1. The van der Waals surface area contributed by atoms with Gasteiger partial charge in [0.05, 0.1) is 9.92 Å². The number of nitrogens with one attached hydrogen (secondary N) is 1. The molecule has 11 heteroatoms. The Balaban J connectivity index is 1.70. The molecule has 0 aliphatic rings. The molecular formula is C22H22ClFN2O5S2. The van der Waals surface area contributed by atoms with E-state index in [1.165, 1.54) is 28.6 Å². The summed E-state index contributed by atoms with van der Waals surface area (Å²) in [5.74, 6) is -1.92. The zero-order valence-corrected chi connectivity index (χ0v) is 20.5.